The molecule has 0 aromatic carbocycles. The molecule has 0 atom stereocenters. The van der Waals surface area contributed by atoms with Gasteiger partial charge in [0.15, 0.2) is 0 Å². The fourth-order valence-electron chi connectivity index (χ4n) is 2.11. The second kappa shape index (κ2) is 5.14. The standard InChI is InChI=1S/C14H10BrN5O/c1-9-12(15)5-10(6-16)13(21)20(9)8-11-7-19-4-2-3-17-14(19)18-11/h2-5,7H,8H2,1H3. The molecule has 104 valence electrons. The van der Waals surface area contributed by atoms with E-state index in [0.717, 1.165) is 10.2 Å². The number of halogens is 1. The predicted molar refractivity (Wildman–Crippen MR) is 79.9 cm³/mol. The van der Waals surface area contributed by atoms with E-state index in [1.807, 2.05) is 31.5 Å². The summed E-state index contributed by atoms with van der Waals surface area (Å²) in [7, 11) is 0. The quantitative estimate of drug-likeness (QED) is 0.711. The number of pyridine rings is 1. The molecule has 0 aliphatic rings. The lowest BCUT2D eigenvalue weighted by atomic mass is 10.2. The van der Waals surface area contributed by atoms with Gasteiger partial charge in [0.05, 0.1) is 12.2 Å². The normalized spacial score (nSPS) is 10.7. The maximum atomic E-state index is 12.3. The zero-order valence-electron chi connectivity index (χ0n) is 11.1. The number of hydrogen-bond donors (Lipinski definition) is 0. The molecule has 0 aliphatic carbocycles. The minimum Gasteiger partial charge on any atom is -0.305 e. The van der Waals surface area contributed by atoms with Crippen molar-refractivity contribution in [2.24, 2.45) is 0 Å². The summed E-state index contributed by atoms with van der Waals surface area (Å²) >= 11 is 3.37. The highest BCUT2D eigenvalue weighted by atomic mass is 79.9. The van der Waals surface area contributed by atoms with Gasteiger partial charge in [-0.25, -0.2) is 9.97 Å². The van der Waals surface area contributed by atoms with E-state index in [4.69, 9.17) is 5.26 Å². The van der Waals surface area contributed by atoms with Crippen molar-refractivity contribution in [2.75, 3.05) is 0 Å². The molecule has 7 heteroatoms. The number of hydrogen-bond acceptors (Lipinski definition) is 4. The minimum absolute atomic E-state index is 0.106. The maximum absolute atomic E-state index is 12.3. The number of rotatable bonds is 2. The Hall–Kier alpha value is -2.46. The molecule has 3 heterocycles. The molecule has 3 aromatic rings. The van der Waals surface area contributed by atoms with Crippen molar-refractivity contribution in [1.82, 2.24) is 18.9 Å². The van der Waals surface area contributed by atoms with Gasteiger partial charge in [0, 0.05) is 28.8 Å². The average Bonchev–Trinajstić information content (AvgIpc) is 2.89. The molecule has 0 saturated carbocycles. The zero-order chi connectivity index (χ0) is 15.0. The first kappa shape index (κ1) is 13.5. The van der Waals surface area contributed by atoms with Crippen LogP contribution in [0.5, 0.6) is 0 Å². The molecule has 0 saturated heterocycles. The molecule has 0 unspecified atom stereocenters. The van der Waals surface area contributed by atoms with Gasteiger partial charge in [-0.05, 0) is 35.0 Å². The average molecular weight is 344 g/mol. The zero-order valence-corrected chi connectivity index (χ0v) is 12.7. The third-order valence-corrected chi connectivity index (χ3v) is 4.03. The van der Waals surface area contributed by atoms with E-state index in [-0.39, 0.29) is 11.1 Å². The lowest BCUT2D eigenvalue weighted by Gasteiger charge is -2.10. The van der Waals surface area contributed by atoms with Gasteiger partial charge in [0.2, 0.25) is 5.78 Å². The second-order valence-corrected chi connectivity index (χ2v) is 5.41. The van der Waals surface area contributed by atoms with Crippen molar-refractivity contribution >= 4 is 21.7 Å². The minimum atomic E-state index is -0.316. The molecule has 0 spiro atoms. The second-order valence-electron chi connectivity index (χ2n) is 4.55. The number of aromatic nitrogens is 4. The van der Waals surface area contributed by atoms with Crippen LogP contribution in [0.3, 0.4) is 0 Å². The summed E-state index contributed by atoms with van der Waals surface area (Å²) in [5, 5.41) is 9.02. The van der Waals surface area contributed by atoms with Crippen molar-refractivity contribution in [3.63, 3.8) is 0 Å². The summed E-state index contributed by atoms with van der Waals surface area (Å²) in [6.45, 7) is 2.11. The van der Waals surface area contributed by atoms with E-state index in [2.05, 4.69) is 25.9 Å². The van der Waals surface area contributed by atoms with E-state index in [1.165, 1.54) is 4.57 Å². The number of nitrogens with zero attached hydrogens (tertiary/aromatic N) is 5. The van der Waals surface area contributed by atoms with Gasteiger partial charge in [-0.15, -0.1) is 0 Å². The van der Waals surface area contributed by atoms with Crippen LogP contribution >= 0.6 is 15.9 Å². The monoisotopic (exact) mass is 343 g/mol. The van der Waals surface area contributed by atoms with Gasteiger partial charge in [-0.2, -0.15) is 5.26 Å². The Morgan fingerprint density at radius 3 is 3.00 bits per heavy atom. The summed E-state index contributed by atoms with van der Waals surface area (Å²) in [6, 6.07) is 5.26. The Bertz CT molecular complexity index is 902. The van der Waals surface area contributed by atoms with Gasteiger partial charge in [0.25, 0.3) is 5.56 Å². The Kier molecular flexibility index (Phi) is 3.31. The highest BCUT2D eigenvalue weighted by Gasteiger charge is 2.12. The summed E-state index contributed by atoms with van der Waals surface area (Å²) in [6.07, 6.45) is 5.33. The largest absolute Gasteiger partial charge is 0.305 e. The van der Waals surface area contributed by atoms with Crippen LogP contribution in [-0.4, -0.2) is 18.9 Å². The fourth-order valence-corrected chi connectivity index (χ4v) is 2.55. The van der Waals surface area contributed by atoms with Crippen molar-refractivity contribution < 1.29 is 0 Å². The van der Waals surface area contributed by atoms with Crippen LogP contribution in [0.25, 0.3) is 5.78 Å². The van der Waals surface area contributed by atoms with Gasteiger partial charge < -0.3 is 4.57 Å². The van der Waals surface area contributed by atoms with Crippen LogP contribution in [0.15, 0.2) is 40.0 Å². The van der Waals surface area contributed by atoms with E-state index < -0.39 is 0 Å². The molecule has 0 fully saturated rings. The smallest absolute Gasteiger partial charge is 0.269 e. The molecule has 0 N–H and O–H groups in total. The summed E-state index contributed by atoms with van der Waals surface area (Å²) in [4.78, 5) is 20.8. The Balaban J connectivity index is 2.11. The topological polar surface area (TPSA) is 76.0 Å². The third-order valence-electron chi connectivity index (χ3n) is 3.22. The van der Waals surface area contributed by atoms with Crippen LogP contribution in [-0.2, 0) is 6.54 Å². The fraction of sp³-hybridized carbons (Fsp3) is 0.143. The first-order chi connectivity index (χ1) is 10.1. The van der Waals surface area contributed by atoms with E-state index in [1.54, 1.807) is 16.7 Å². The van der Waals surface area contributed by atoms with E-state index >= 15 is 0 Å². The van der Waals surface area contributed by atoms with Gasteiger partial charge in [-0.3, -0.25) is 9.20 Å². The van der Waals surface area contributed by atoms with Crippen LogP contribution in [0.4, 0.5) is 0 Å². The van der Waals surface area contributed by atoms with Crippen molar-refractivity contribution in [3.8, 4) is 6.07 Å². The van der Waals surface area contributed by atoms with Crippen LogP contribution < -0.4 is 5.56 Å². The van der Waals surface area contributed by atoms with Crippen LogP contribution in [0.1, 0.15) is 17.0 Å². The van der Waals surface area contributed by atoms with Crippen molar-refractivity contribution in [3.05, 3.63) is 62.5 Å². The number of nitriles is 1. The first-order valence-corrected chi connectivity index (χ1v) is 6.98. The Morgan fingerprint density at radius 1 is 1.48 bits per heavy atom. The van der Waals surface area contributed by atoms with E-state index in [0.29, 0.717) is 18.0 Å². The highest BCUT2D eigenvalue weighted by molar-refractivity contribution is 9.10. The van der Waals surface area contributed by atoms with Gasteiger partial charge >= 0.3 is 0 Å². The van der Waals surface area contributed by atoms with Gasteiger partial charge in [-0.1, -0.05) is 0 Å². The predicted octanol–water partition coefficient (Wildman–Crippen LogP) is 1.88. The third kappa shape index (κ3) is 2.34. The van der Waals surface area contributed by atoms with Crippen LogP contribution in [0, 0.1) is 18.3 Å². The number of imidazole rings is 1. The lowest BCUT2D eigenvalue weighted by molar-refractivity contribution is 0.710. The summed E-state index contributed by atoms with van der Waals surface area (Å²) in [5.41, 5.74) is 1.25. The SMILES string of the molecule is Cc1c(Br)cc(C#N)c(=O)n1Cc1cn2cccnc2n1. The van der Waals surface area contributed by atoms with Gasteiger partial charge in [0.1, 0.15) is 11.6 Å². The van der Waals surface area contributed by atoms with E-state index in [9.17, 15) is 4.79 Å². The molecule has 6 nitrogen and oxygen atoms in total. The first-order valence-electron chi connectivity index (χ1n) is 6.19. The van der Waals surface area contributed by atoms with Crippen molar-refractivity contribution in [2.45, 2.75) is 13.5 Å². The number of fused-ring (bicyclic) bond motifs is 1. The van der Waals surface area contributed by atoms with Crippen LogP contribution in [0.2, 0.25) is 0 Å². The Labute approximate surface area is 128 Å². The van der Waals surface area contributed by atoms with Crippen molar-refractivity contribution in [1.29, 1.82) is 5.26 Å². The Morgan fingerprint density at radius 2 is 2.29 bits per heavy atom. The summed E-state index contributed by atoms with van der Waals surface area (Å²) < 4.78 is 4.05. The molecule has 0 bridgehead atoms. The molecule has 0 aliphatic heterocycles. The molecule has 0 radical (unpaired) electrons. The lowest BCUT2D eigenvalue weighted by Crippen LogP contribution is -2.25. The highest BCUT2D eigenvalue weighted by Crippen LogP contribution is 2.16. The molecular formula is C14H10BrN5O. The molecule has 3 rings (SSSR count). The molecule has 0 amide bonds. The summed E-state index contributed by atoms with van der Waals surface area (Å²) in [5.74, 6) is 0.578. The molecular weight excluding hydrogens is 334 g/mol. The maximum Gasteiger partial charge on any atom is 0.269 e. The molecule has 3 aromatic heterocycles. The molecule has 21 heavy (non-hydrogen) atoms.